The van der Waals surface area contributed by atoms with Crippen LogP contribution >= 0.6 is 0 Å². The van der Waals surface area contributed by atoms with Crippen LogP contribution < -0.4 is 24.0 Å². The number of carbonyl (C=O) groups excluding carboxylic acids is 1. The van der Waals surface area contributed by atoms with Crippen molar-refractivity contribution in [2.75, 3.05) is 0 Å². The van der Waals surface area contributed by atoms with E-state index < -0.39 is 5.97 Å². The second-order valence-electron chi connectivity index (χ2n) is 3.43. The average Bonchev–Trinajstić information content (AvgIpc) is 1.59. The summed E-state index contributed by atoms with van der Waals surface area (Å²) in [6.07, 6.45) is 0.860. The van der Waals surface area contributed by atoms with Gasteiger partial charge in [-0.1, -0.05) is 20.8 Å². The molecule has 0 spiro atoms. The Bertz CT molecular complexity index is 105. The molecule has 0 N–H and O–H groups in total. The van der Waals surface area contributed by atoms with Gasteiger partial charge in [-0.25, -0.2) is 0 Å². The number of carboxylic acid groups (broad SMARTS) is 1. The zero-order chi connectivity index (χ0) is 7.49. The quantitative estimate of drug-likeness (QED) is 0.396. The van der Waals surface area contributed by atoms with Crippen LogP contribution in [0.3, 0.4) is 0 Å². The van der Waals surface area contributed by atoms with E-state index in [1.54, 1.807) is 0 Å². The van der Waals surface area contributed by atoms with Gasteiger partial charge >= 0.3 is 18.9 Å². The topological polar surface area (TPSA) is 40.1 Å². The van der Waals surface area contributed by atoms with Crippen LogP contribution in [0.25, 0.3) is 0 Å². The van der Waals surface area contributed by atoms with Crippen molar-refractivity contribution in [1.82, 2.24) is 0 Å². The third-order valence-corrected chi connectivity index (χ3v) is 1.08. The summed E-state index contributed by atoms with van der Waals surface area (Å²) in [7, 11) is 0. The van der Waals surface area contributed by atoms with Gasteiger partial charge in [0, 0.05) is 5.97 Å². The van der Waals surface area contributed by atoms with Gasteiger partial charge < -0.3 is 9.90 Å². The Kier molecular flexibility index (Phi) is 6.13. The summed E-state index contributed by atoms with van der Waals surface area (Å²) in [6.45, 7) is 6.03. The first kappa shape index (κ1) is 12.7. The first-order chi connectivity index (χ1) is 3.92. The summed E-state index contributed by atoms with van der Waals surface area (Å²) in [4.78, 5) is 9.93. The van der Waals surface area contributed by atoms with Crippen molar-refractivity contribution >= 4 is 5.97 Å². The molecule has 0 heterocycles. The summed E-state index contributed by atoms with van der Waals surface area (Å²) in [5, 5.41) is 9.93. The van der Waals surface area contributed by atoms with Crippen molar-refractivity contribution in [1.29, 1.82) is 0 Å². The van der Waals surface area contributed by atoms with Gasteiger partial charge in [0.1, 0.15) is 0 Å². The minimum atomic E-state index is -0.954. The summed E-state index contributed by atoms with van der Waals surface area (Å²) < 4.78 is 0. The van der Waals surface area contributed by atoms with E-state index in [0.717, 1.165) is 0 Å². The molecule has 54 valence electrons. The molecule has 3 heteroatoms. The largest absolute Gasteiger partial charge is 1.00 e. The van der Waals surface area contributed by atoms with Gasteiger partial charge in [0.05, 0.1) is 0 Å². The Hall–Kier alpha value is 0.0674. The van der Waals surface area contributed by atoms with Gasteiger partial charge in [-0.2, -0.15) is 0 Å². The molecule has 0 unspecified atom stereocenters. The predicted molar refractivity (Wildman–Crippen MR) is 33.7 cm³/mol. The summed E-state index contributed by atoms with van der Waals surface area (Å²) in [6, 6.07) is 0. The van der Waals surface area contributed by atoms with Crippen molar-refractivity contribution in [3.63, 3.8) is 0 Å². The molecule has 0 aromatic carbocycles. The second-order valence-corrected chi connectivity index (χ2v) is 3.43. The molecule has 0 radical (unpaired) electrons. The van der Waals surface area contributed by atoms with Gasteiger partial charge in [-0.3, -0.25) is 0 Å². The van der Waals surface area contributed by atoms with Gasteiger partial charge in [0.2, 0.25) is 0 Å². The van der Waals surface area contributed by atoms with Crippen LogP contribution in [0.1, 0.15) is 33.6 Å². The first-order valence-corrected chi connectivity index (χ1v) is 3.12. The minimum absolute atomic E-state index is 0. The zero-order valence-electron chi connectivity index (χ0n) is 7.23. The van der Waals surface area contributed by atoms with Crippen molar-refractivity contribution in [2.45, 2.75) is 33.6 Å². The number of hydrogen-bond acceptors (Lipinski definition) is 2. The van der Waals surface area contributed by atoms with Crippen LogP contribution in [-0.2, 0) is 4.79 Å². The number of rotatable bonds is 2. The van der Waals surface area contributed by atoms with Gasteiger partial charge in [-0.05, 0) is 18.3 Å². The zero-order valence-corrected chi connectivity index (χ0v) is 7.23. The summed E-state index contributed by atoms with van der Waals surface area (Å²) >= 11 is 0. The molecule has 0 aliphatic heterocycles. The minimum Gasteiger partial charge on any atom is -0.550 e. The third-order valence-electron chi connectivity index (χ3n) is 1.08. The molecule has 0 aromatic heterocycles. The van der Waals surface area contributed by atoms with E-state index in [9.17, 15) is 9.90 Å². The van der Waals surface area contributed by atoms with Crippen LogP contribution in [0.2, 0.25) is 0 Å². The molecule has 0 saturated heterocycles. The standard InChI is InChI=1S/C7H14O2.Li/c1-7(2,3)5-4-6(8)9;/h4-5H2,1-3H3,(H,8,9);/q;+1/p-1. The van der Waals surface area contributed by atoms with E-state index in [0.29, 0.717) is 6.42 Å². The van der Waals surface area contributed by atoms with Crippen molar-refractivity contribution in [2.24, 2.45) is 5.41 Å². The van der Waals surface area contributed by atoms with E-state index in [2.05, 4.69) is 0 Å². The normalized spacial score (nSPS) is 10.3. The fraction of sp³-hybridized carbons (Fsp3) is 0.857. The Morgan fingerprint density at radius 2 is 1.80 bits per heavy atom. The number of hydrogen-bond donors (Lipinski definition) is 0. The average molecular weight is 136 g/mol. The molecule has 0 aliphatic rings. The first-order valence-electron chi connectivity index (χ1n) is 3.12. The maximum atomic E-state index is 9.93. The van der Waals surface area contributed by atoms with Gasteiger partial charge in [0.25, 0.3) is 0 Å². The predicted octanol–water partition coefficient (Wildman–Crippen LogP) is -2.43. The van der Waals surface area contributed by atoms with Crippen LogP contribution in [-0.4, -0.2) is 5.97 Å². The third kappa shape index (κ3) is 10.9. The van der Waals surface area contributed by atoms with E-state index in [-0.39, 0.29) is 30.7 Å². The molecule has 2 nitrogen and oxygen atoms in total. The molecule has 0 aromatic rings. The molecule has 0 amide bonds. The second kappa shape index (κ2) is 4.82. The number of aliphatic carboxylic acids is 1. The Morgan fingerprint density at radius 3 is 1.90 bits per heavy atom. The van der Waals surface area contributed by atoms with E-state index in [1.165, 1.54) is 0 Å². The fourth-order valence-electron chi connectivity index (χ4n) is 0.477. The molecule has 0 saturated carbocycles. The van der Waals surface area contributed by atoms with E-state index in [1.807, 2.05) is 20.8 Å². The molecule has 0 bridgehead atoms. The molecular weight excluding hydrogens is 123 g/mol. The number of carbonyl (C=O) groups is 1. The van der Waals surface area contributed by atoms with Crippen molar-refractivity contribution < 1.29 is 28.8 Å². The Labute approximate surface area is 74.2 Å². The smallest absolute Gasteiger partial charge is 0.550 e. The van der Waals surface area contributed by atoms with E-state index in [4.69, 9.17) is 0 Å². The van der Waals surface area contributed by atoms with Crippen LogP contribution in [0.5, 0.6) is 0 Å². The fourth-order valence-corrected chi connectivity index (χ4v) is 0.477. The Balaban J connectivity index is 0. The molecule has 0 atom stereocenters. The molecular formula is C7H13LiO2. The maximum Gasteiger partial charge on any atom is 1.00 e. The van der Waals surface area contributed by atoms with Crippen LogP contribution in [0, 0.1) is 5.41 Å². The SMILES string of the molecule is CC(C)(C)CCC(=O)[O-].[Li+]. The van der Waals surface area contributed by atoms with Gasteiger partial charge in [-0.15, -0.1) is 0 Å². The Morgan fingerprint density at radius 1 is 1.40 bits per heavy atom. The molecule has 0 rings (SSSR count). The summed E-state index contributed by atoms with van der Waals surface area (Å²) in [5.41, 5.74) is 0.111. The van der Waals surface area contributed by atoms with Gasteiger partial charge in [0.15, 0.2) is 0 Å². The van der Waals surface area contributed by atoms with Crippen molar-refractivity contribution in [3.05, 3.63) is 0 Å². The molecule has 0 fully saturated rings. The van der Waals surface area contributed by atoms with Crippen LogP contribution in [0.4, 0.5) is 0 Å². The maximum absolute atomic E-state index is 9.93. The number of carboxylic acids is 1. The summed E-state index contributed by atoms with van der Waals surface area (Å²) in [5.74, 6) is -0.954. The van der Waals surface area contributed by atoms with Crippen LogP contribution in [0.15, 0.2) is 0 Å². The molecule has 10 heavy (non-hydrogen) atoms. The van der Waals surface area contributed by atoms with E-state index >= 15 is 0 Å². The monoisotopic (exact) mass is 136 g/mol. The molecule has 0 aliphatic carbocycles. The van der Waals surface area contributed by atoms with Crippen molar-refractivity contribution in [3.8, 4) is 0 Å².